The Kier molecular flexibility index (Phi) is 4.54. The van der Waals surface area contributed by atoms with E-state index in [1.165, 1.54) is 12.8 Å². The van der Waals surface area contributed by atoms with E-state index in [1.807, 2.05) is 0 Å². The fourth-order valence-electron chi connectivity index (χ4n) is 3.53. The van der Waals surface area contributed by atoms with Gasteiger partial charge in [0, 0.05) is 18.5 Å². The first-order valence-corrected chi connectivity index (χ1v) is 7.89. The third-order valence-electron chi connectivity index (χ3n) is 5.17. The largest absolute Gasteiger partial charge is 0.352 e. The maximum absolute atomic E-state index is 12.3. The van der Waals surface area contributed by atoms with Gasteiger partial charge in [0.1, 0.15) is 0 Å². The summed E-state index contributed by atoms with van der Waals surface area (Å²) < 4.78 is 0. The highest BCUT2D eigenvalue weighted by molar-refractivity contribution is 5.79. The van der Waals surface area contributed by atoms with Crippen LogP contribution in [-0.2, 0) is 4.79 Å². The lowest BCUT2D eigenvalue weighted by Gasteiger charge is -2.36. The quantitative estimate of drug-likeness (QED) is 0.806. The molecule has 19 heavy (non-hydrogen) atoms. The number of carbonyl (C=O) groups is 1. The van der Waals surface area contributed by atoms with Crippen molar-refractivity contribution in [3.8, 4) is 0 Å². The zero-order valence-electron chi connectivity index (χ0n) is 13.0. The number of hydrogen-bond donors (Lipinski definition) is 2. The second-order valence-corrected chi connectivity index (χ2v) is 7.67. The molecular formula is C16H30N2O. The highest BCUT2D eigenvalue weighted by atomic mass is 16.1. The number of nitrogens with one attached hydrogen (secondary N) is 2. The third kappa shape index (κ3) is 3.71. The molecule has 1 aliphatic heterocycles. The van der Waals surface area contributed by atoms with Gasteiger partial charge in [0.2, 0.25) is 5.91 Å². The lowest BCUT2D eigenvalue weighted by atomic mass is 9.69. The van der Waals surface area contributed by atoms with E-state index >= 15 is 0 Å². The summed E-state index contributed by atoms with van der Waals surface area (Å²) in [6, 6.07) is 0.341. The van der Waals surface area contributed by atoms with Crippen LogP contribution in [0.2, 0.25) is 0 Å². The molecule has 2 unspecified atom stereocenters. The Morgan fingerprint density at radius 2 is 1.74 bits per heavy atom. The number of hydrogen-bond acceptors (Lipinski definition) is 2. The van der Waals surface area contributed by atoms with E-state index in [0.29, 0.717) is 23.3 Å². The van der Waals surface area contributed by atoms with Gasteiger partial charge in [0.15, 0.2) is 0 Å². The fraction of sp³-hybridized carbons (Fsp3) is 0.938. The molecule has 1 saturated carbocycles. The second-order valence-electron chi connectivity index (χ2n) is 7.67. The highest BCUT2D eigenvalue weighted by Crippen LogP contribution is 2.39. The van der Waals surface area contributed by atoms with Crippen molar-refractivity contribution in [2.24, 2.45) is 23.2 Å². The summed E-state index contributed by atoms with van der Waals surface area (Å²) in [5, 5.41) is 6.59. The van der Waals surface area contributed by atoms with E-state index in [-0.39, 0.29) is 5.92 Å². The first-order chi connectivity index (χ1) is 8.88. The van der Waals surface area contributed by atoms with Crippen LogP contribution in [0.4, 0.5) is 0 Å². The number of amides is 1. The standard InChI is InChI=1S/C16H30N2O/c1-11-9-17-10-14(11)18-15(19)12-5-7-13(8-6-12)16(2,3)4/h11-14,17H,5-10H2,1-4H3,(H,18,19). The van der Waals surface area contributed by atoms with Gasteiger partial charge in [0.05, 0.1) is 0 Å². The maximum Gasteiger partial charge on any atom is 0.223 e. The SMILES string of the molecule is CC1CNCC1NC(=O)C1CCC(C(C)(C)C)CC1. The van der Waals surface area contributed by atoms with Gasteiger partial charge in [-0.15, -0.1) is 0 Å². The van der Waals surface area contributed by atoms with Gasteiger partial charge in [-0.2, -0.15) is 0 Å². The molecule has 1 heterocycles. The van der Waals surface area contributed by atoms with Crippen molar-refractivity contribution in [2.45, 2.75) is 59.4 Å². The van der Waals surface area contributed by atoms with Crippen LogP contribution in [0.1, 0.15) is 53.4 Å². The van der Waals surface area contributed by atoms with Gasteiger partial charge in [0.25, 0.3) is 0 Å². The molecule has 2 rings (SSSR count). The molecular weight excluding hydrogens is 236 g/mol. The molecule has 0 spiro atoms. The first kappa shape index (κ1) is 14.8. The molecule has 2 aliphatic rings. The lowest BCUT2D eigenvalue weighted by molar-refractivity contribution is -0.127. The average molecular weight is 266 g/mol. The van der Waals surface area contributed by atoms with Crippen LogP contribution >= 0.6 is 0 Å². The molecule has 0 aromatic carbocycles. The third-order valence-corrected chi connectivity index (χ3v) is 5.17. The summed E-state index contributed by atoms with van der Waals surface area (Å²) in [5.74, 6) is 1.90. The van der Waals surface area contributed by atoms with E-state index in [4.69, 9.17) is 0 Å². The molecule has 1 saturated heterocycles. The van der Waals surface area contributed by atoms with Crippen molar-refractivity contribution >= 4 is 5.91 Å². The Labute approximate surface area is 117 Å². The van der Waals surface area contributed by atoms with Crippen LogP contribution in [0.15, 0.2) is 0 Å². The Hall–Kier alpha value is -0.570. The van der Waals surface area contributed by atoms with Crippen molar-refractivity contribution in [3.05, 3.63) is 0 Å². The Balaban J connectivity index is 1.79. The Morgan fingerprint density at radius 1 is 1.11 bits per heavy atom. The first-order valence-electron chi connectivity index (χ1n) is 7.89. The van der Waals surface area contributed by atoms with E-state index in [1.54, 1.807) is 0 Å². The molecule has 2 atom stereocenters. The minimum atomic E-state index is 0.256. The topological polar surface area (TPSA) is 41.1 Å². The molecule has 0 bridgehead atoms. The number of carbonyl (C=O) groups excluding carboxylic acids is 1. The van der Waals surface area contributed by atoms with Crippen molar-refractivity contribution in [3.63, 3.8) is 0 Å². The summed E-state index contributed by atoms with van der Waals surface area (Å²) >= 11 is 0. The molecule has 2 fully saturated rings. The minimum absolute atomic E-state index is 0.256. The fourth-order valence-corrected chi connectivity index (χ4v) is 3.53. The second kappa shape index (κ2) is 5.82. The van der Waals surface area contributed by atoms with E-state index in [0.717, 1.165) is 31.8 Å². The molecule has 3 heteroatoms. The van der Waals surface area contributed by atoms with Crippen LogP contribution in [0, 0.1) is 23.2 Å². The van der Waals surface area contributed by atoms with Crippen LogP contribution in [0.25, 0.3) is 0 Å². The summed E-state index contributed by atoms with van der Waals surface area (Å²) in [7, 11) is 0. The zero-order valence-corrected chi connectivity index (χ0v) is 13.0. The van der Waals surface area contributed by atoms with Crippen LogP contribution < -0.4 is 10.6 Å². The minimum Gasteiger partial charge on any atom is -0.352 e. The molecule has 1 aliphatic carbocycles. The highest BCUT2D eigenvalue weighted by Gasteiger charge is 2.33. The van der Waals surface area contributed by atoms with Crippen molar-refractivity contribution < 1.29 is 4.79 Å². The lowest BCUT2D eigenvalue weighted by Crippen LogP contribution is -2.44. The van der Waals surface area contributed by atoms with Gasteiger partial charge < -0.3 is 10.6 Å². The van der Waals surface area contributed by atoms with Crippen molar-refractivity contribution in [2.75, 3.05) is 13.1 Å². The van der Waals surface area contributed by atoms with Crippen LogP contribution in [0.3, 0.4) is 0 Å². The molecule has 0 aromatic rings. The molecule has 110 valence electrons. The predicted octanol–water partition coefficient (Wildman–Crippen LogP) is 2.56. The zero-order chi connectivity index (χ0) is 14.0. The summed E-state index contributed by atoms with van der Waals surface area (Å²) in [4.78, 5) is 12.3. The summed E-state index contributed by atoms with van der Waals surface area (Å²) in [6.45, 7) is 11.1. The normalized spacial score (nSPS) is 36.2. The van der Waals surface area contributed by atoms with Crippen molar-refractivity contribution in [1.29, 1.82) is 0 Å². The maximum atomic E-state index is 12.3. The smallest absolute Gasteiger partial charge is 0.223 e. The van der Waals surface area contributed by atoms with E-state index < -0.39 is 0 Å². The number of rotatable bonds is 2. The average Bonchev–Trinajstić information content (AvgIpc) is 2.74. The van der Waals surface area contributed by atoms with Gasteiger partial charge in [-0.3, -0.25) is 4.79 Å². The molecule has 3 nitrogen and oxygen atoms in total. The van der Waals surface area contributed by atoms with Crippen molar-refractivity contribution in [1.82, 2.24) is 10.6 Å². The van der Waals surface area contributed by atoms with Crippen LogP contribution in [0.5, 0.6) is 0 Å². The molecule has 1 amide bonds. The Morgan fingerprint density at radius 3 is 2.21 bits per heavy atom. The van der Waals surface area contributed by atoms with E-state index in [9.17, 15) is 4.79 Å². The van der Waals surface area contributed by atoms with Gasteiger partial charge in [-0.1, -0.05) is 27.7 Å². The Bertz CT molecular complexity index is 313. The molecule has 0 aromatic heterocycles. The van der Waals surface area contributed by atoms with Gasteiger partial charge >= 0.3 is 0 Å². The summed E-state index contributed by atoms with van der Waals surface area (Å²) in [6.07, 6.45) is 4.56. The van der Waals surface area contributed by atoms with Gasteiger partial charge in [-0.05, 0) is 49.5 Å². The van der Waals surface area contributed by atoms with Crippen LogP contribution in [-0.4, -0.2) is 25.0 Å². The van der Waals surface area contributed by atoms with Gasteiger partial charge in [-0.25, -0.2) is 0 Å². The molecule has 0 radical (unpaired) electrons. The summed E-state index contributed by atoms with van der Waals surface area (Å²) in [5.41, 5.74) is 0.394. The molecule has 2 N–H and O–H groups in total. The predicted molar refractivity (Wildman–Crippen MR) is 78.9 cm³/mol. The monoisotopic (exact) mass is 266 g/mol. The van der Waals surface area contributed by atoms with E-state index in [2.05, 4.69) is 38.3 Å².